The largest absolute Gasteiger partial charge is 0.507 e. The maximum atomic E-state index is 10.8. The van der Waals surface area contributed by atoms with E-state index in [0.717, 1.165) is 33.9 Å². The van der Waals surface area contributed by atoms with Gasteiger partial charge in [0.2, 0.25) is 0 Å². The molecule has 0 bridgehead atoms. The van der Waals surface area contributed by atoms with E-state index in [4.69, 9.17) is 4.98 Å². The number of para-hydroxylation sites is 2. The first-order valence-electron chi connectivity index (χ1n) is 12.6. The van der Waals surface area contributed by atoms with Crippen LogP contribution in [0.1, 0.15) is 50.7 Å². The Morgan fingerprint density at radius 3 is 1.89 bits per heavy atom. The summed E-state index contributed by atoms with van der Waals surface area (Å²) in [7, 11) is 0. The van der Waals surface area contributed by atoms with Gasteiger partial charge in [0.1, 0.15) is 11.6 Å². The molecule has 0 saturated carbocycles. The van der Waals surface area contributed by atoms with Crippen molar-refractivity contribution in [1.29, 1.82) is 0 Å². The molecule has 4 aromatic carbocycles. The fraction of sp³-hybridized carbons (Fsp3) is 0.182. The van der Waals surface area contributed by atoms with Gasteiger partial charge in [0.15, 0.2) is 0 Å². The zero-order valence-corrected chi connectivity index (χ0v) is 21.3. The zero-order chi connectivity index (χ0) is 25.2. The highest BCUT2D eigenvalue weighted by Gasteiger charge is 2.22. The van der Waals surface area contributed by atoms with Crippen LogP contribution in [0.4, 0.5) is 0 Å². The second kappa shape index (κ2) is 9.87. The predicted molar refractivity (Wildman–Crippen MR) is 150 cm³/mol. The Hall–Kier alpha value is -4.11. The molecule has 1 heterocycles. The van der Waals surface area contributed by atoms with E-state index < -0.39 is 0 Å². The third-order valence-corrected chi connectivity index (χ3v) is 6.70. The number of hydrogen-bond acceptors (Lipinski definition) is 2. The average molecular weight is 473 g/mol. The van der Waals surface area contributed by atoms with Gasteiger partial charge in [-0.05, 0) is 52.3 Å². The van der Waals surface area contributed by atoms with Gasteiger partial charge in [-0.3, -0.25) is 4.57 Å². The van der Waals surface area contributed by atoms with Crippen LogP contribution in [-0.4, -0.2) is 14.7 Å². The Morgan fingerprint density at radius 2 is 1.22 bits per heavy atom. The summed E-state index contributed by atoms with van der Waals surface area (Å²) < 4.78 is 2.18. The topological polar surface area (TPSA) is 38.0 Å². The van der Waals surface area contributed by atoms with Crippen molar-refractivity contribution >= 4 is 0 Å². The van der Waals surface area contributed by atoms with E-state index in [9.17, 15) is 5.11 Å². The number of imidazole rings is 1. The predicted octanol–water partition coefficient (Wildman–Crippen LogP) is 8.83. The fourth-order valence-electron chi connectivity index (χ4n) is 4.82. The summed E-state index contributed by atoms with van der Waals surface area (Å²) >= 11 is 0. The summed E-state index contributed by atoms with van der Waals surface area (Å²) in [6.45, 7) is 8.90. The Morgan fingerprint density at radius 1 is 0.639 bits per heavy atom. The van der Waals surface area contributed by atoms with Crippen molar-refractivity contribution in [3.8, 4) is 45.2 Å². The average Bonchev–Trinajstić information content (AvgIpc) is 3.34. The van der Waals surface area contributed by atoms with Gasteiger partial charge < -0.3 is 5.11 Å². The summed E-state index contributed by atoms with van der Waals surface area (Å²) in [5.41, 5.74) is 8.64. The molecule has 0 aliphatic heterocycles. The molecule has 0 spiro atoms. The molecule has 180 valence electrons. The first-order chi connectivity index (χ1) is 17.4. The van der Waals surface area contributed by atoms with Crippen LogP contribution in [-0.2, 0) is 0 Å². The molecule has 0 aliphatic rings. The molecule has 5 rings (SSSR count). The van der Waals surface area contributed by atoms with Crippen LogP contribution in [0, 0.1) is 0 Å². The van der Waals surface area contributed by atoms with E-state index in [1.54, 1.807) is 6.07 Å². The third kappa shape index (κ3) is 4.45. The molecule has 1 N–H and O–H groups in total. The van der Waals surface area contributed by atoms with E-state index in [-0.39, 0.29) is 5.75 Å². The van der Waals surface area contributed by atoms with E-state index >= 15 is 0 Å². The zero-order valence-electron chi connectivity index (χ0n) is 21.3. The number of aromatic nitrogens is 2. The van der Waals surface area contributed by atoms with Gasteiger partial charge in [-0.1, -0.05) is 107 Å². The molecular formula is C33H32N2O. The molecule has 0 atom stereocenters. The van der Waals surface area contributed by atoms with Crippen LogP contribution in [0.3, 0.4) is 0 Å². The van der Waals surface area contributed by atoms with Crippen molar-refractivity contribution in [2.75, 3.05) is 0 Å². The molecule has 36 heavy (non-hydrogen) atoms. The third-order valence-electron chi connectivity index (χ3n) is 6.70. The van der Waals surface area contributed by atoms with Gasteiger partial charge in [0, 0.05) is 11.8 Å². The van der Waals surface area contributed by atoms with Crippen molar-refractivity contribution in [3.05, 3.63) is 114 Å². The monoisotopic (exact) mass is 472 g/mol. The van der Waals surface area contributed by atoms with Crippen LogP contribution < -0.4 is 0 Å². The minimum Gasteiger partial charge on any atom is -0.507 e. The quantitative estimate of drug-likeness (QED) is 0.268. The number of phenols is 1. The molecule has 0 amide bonds. The fourth-order valence-corrected chi connectivity index (χ4v) is 4.82. The lowest BCUT2D eigenvalue weighted by molar-refractivity contribution is 0.477. The Kier molecular flexibility index (Phi) is 6.47. The molecule has 3 nitrogen and oxygen atoms in total. The van der Waals surface area contributed by atoms with Crippen molar-refractivity contribution in [1.82, 2.24) is 9.55 Å². The van der Waals surface area contributed by atoms with Crippen LogP contribution >= 0.6 is 0 Å². The van der Waals surface area contributed by atoms with Gasteiger partial charge >= 0.3 is 0 Å². The molecule has 0 radical (unpaired) electrons. The minimum absolute atomic E-state index is 0.224. The van der Waals surface area contributed by atoms with Crippen LogP contribution in [0.5, 0.6) is 5.75 Å². The van der Waals surface area contributed by atoms with Gasteiger partial charge in [-0.15, -0.1) is 0 Å². The van der Waals surface area contributed by atoms with Crippen molar-refractivity contribution < 1.29 is 5.11 Å². The van der Waals surface area contributed by atoms with E-state index in [1.165, 1.54) is 16.7 Å². The Balaban J connectivity index is 1.77. The Bertz CT molecular complexity index is 1470. The van der Waals surface area contributed by atoms with E-state index in [2.05, 4.69) is 105 Å². The maximum absolute atomic E-state index is 10.8. The SMILES string of the molecule is CC(C)c1cccc(C(C)C)c1-n1cc(-c2cccc(-c3ccccc3)c2)nc1-c1ccccc1O. The van der Waals surface area contributed by atoms with Crippen molar-refractivity contribution in [2.45, 2.75) is 39.5 Å². The first-order valence-corrected chi connectivity index (χ1v) is 12.6. The number of rotatable bonds is 6. The summed E-state index contributed by atoms with van der Waals surface area (Å²) in [6.07, 6.45) is 2.12. The first kappa shape index (κ1) is 23.6. The molecule has 0 fully saturated rings. The lowest BCUT2D eigenvalue weighted by atomic mass is 9.92. The summed E-state index contributed by atoms with van der Waals surface area (Å²) in [4.78, 5) is 5.13. The van der Waals surface area contributed by atoms with Crippen LogP contribution in [0.25, 0.3) is 39.5 Å². The Labute approximate surface area is 213 Å². The van der Waals surface area contributed by atoms with E-state index in [1.807, 2.05) is 24.3 Å². The number of nitrogens with zero attached hydrogens (tertiary/aromatic N) is 2. The van der Waals surface area contributed by atoms with Crippen LogP contribution in [0.15, 0.2) is 103 Å². The van der Waals surface area contributed by atoms with Crippen molar-refractivity contribution in [2.24, 2.45) is 0 Å². The number of phenolic OH excluding ortho intramolecular Hbond substituents is 1. The molecular weight excluding hydrogens is 440 g/mol. The van der Waals surface area contributed by atoms with Gasteiger partial charge in [0.25, 0.3) is 0 Å². The highest BCUT2D eigenvalue weighted by molar-refractivity contribution is 5.75. The molecule has 3 heteroatoms. The summed E-state index contributed by atoms with van der Waals surface area (Å²) in [5, 5.41) is 10.8. The van der Waals surface area contributed by atoms with E-state index in [0.29, 0.717) is 11.8 Å². The smallest absolute Gasteiger partial charge is 0.148 e. The lowest BCUT2D eigenvalue weighted by Gasteiger charge is -2.22. The number of benzene rings is 4. The molecule has 0 saturated heterocycles. The van der Waals surface area contributed by atoms with Gasteiger partial charge in [-0.25, -0.2) is 4.98 Å². The normalized spacial score (nSPS) is 11.4. The summed E-state index contributed by atoms with van der Waals surface area (Å²) in [5.74, 6) is 1.64. The van der Waals surface area contributed by atoms with Gasteiger partial charge in [0.05, 0.1) is 16.9 Å². The molecule has 5 aromatic rings. The lowest BCUT2D eigenvalue weighted by Crippen LogP contribution is -2.07. The second-order valence-corrected chi connectivity index (χ2v) is 9.88. The molecule has 0 unspecified atom stereocenters. The maximum Gasteiger partial charge on any atom is 0.148 e. The van der Waals surface area contributed by atoms with Gasteiger partial charge in [-0.2, -0.15) is 0 Å². The standard InChI is InChI=1S/C33H32N2O/c1-22(2)27-17-11-18-28(23(3)4)32(27)35-21-30(34-33(35)29-16-8-9-19-31(29)36)26-15-10-14-25(20-26)24-12-6-5-7-13-24/h5-23,36H,1-4H3. The molecule has 0 aliphatic carbocycles. The summed E-state index contributed by atoms with van der Waals surface area (Å²) in [6, 6.07) is 32.9. The highest BCUT2D eigenvalue weighted by atomic mass is 16.3. The van der Waals surface area contributed by atoms with Crippen LogP contribution in [0.2, 0.25) is 0 Å². The number of hydrogen-bond donors (Lipinski definition) is 1. The minimum atomic E-state index is 0.224. The number of aromatic hydroxyl groups is 1. The second-order valence-electron chi connectivity index (χ2n) is 9.88. The highest BCUT2D eigenvalue weighted by Crippen LogP contribution is 2.38. The van der Waals surface area contributed by atoms with Crippen molar-refractivity contribution in [3.63, 3.8) is 0 Å². The molecule has 1 aromatic heterocycles.